The van der Waals surface area contributed by atoms with E-state index >= 15 is 0 Å². The Hall–Kier alpha value is -1.44. The number of aliphatic carboxylic acids is 1. The predicted molar refractivity (Wildman–Crippen MR) is 93.1 cm³/mol. The van der Waals surface area contributed by atoms with Crippen LogP contribution in [0.1, 0.15) is 37.7 Å². The van der Waals surface area contributed by atoms with Gasteiger partial charge in [0.05, 0.1) is 5.75 Å². The molecule has 0 saturated carbocycles. The molecule has 1 aromatic rings. The van der Waals surface area contributed by atoms with E-state index < -0.39 is 22.0 Å². The van der Waals surface area contributed by atoms with Gasteiger partial charge in [0, 0.05) is 0 Å². The molecule has 7 heteroatoms. The van der Waals surface area contributed by atoms with Gasteiger partial charge >= 0.3 is 5.97 Å². The SMILES string of the molecule is O=C(O)[C@@H](CCCC1CCNCC1)NS(=O)(=O)Cc1ccccc1. The van der Waals surface area contributed by atoms with Gasteiger partial charge in [-0.1, -0.05) is 43.2 Å². The lowest BCUT2D eigenvalue weighted by Gasteiger charge is -2.23. The van der Waals surface area contributed by atoms with Crippen LogP contribution in [-0.2, 0) is 20.6 Å². The highest BCUT2D eigenvalue weighted by molar-refractivity contribution is 7.88. The summed E-state index contributed by atoms with van der Waals surface area (Å²) in [5.74, 6) is -0.704. The van der Waals surface area contributed by atoms with Crippen molar-refractivity contribution in [3.8, 4) is 0 Å². The molecule has 2 rings (SSSR count). The molecule has 1 aliphatic heterocycles. The lowest BCUT2D eigenvalue weighted by atomic mass is 9.92. The lowest BCUT2D eigenvalue weighted by molar-refractivity contribution is -0.139. The average Bonchev–Trinajstić information content (AvgIpc) is 2.55. The van der Waals surface area contributed by atoms with Gasteiger partial charge in [0.25, 0.3) is 0 Å². The third-order valence-corrected chi connectivity index (χ3v) is 5.74. The van der Waals surface area contributed by atoms with Gasteiger partial charge in [-0.15, -0.1) is 0 Å². The summed E-state index contributed by atoms with van der Waals surface area (Å²) in [5, 5.41) is 12.6. The first-order valence-corrected chi connectivity index (χ1v) is 10.1. The van der Waals surface area contributed by atoms with Gasteiger partial charge in [-0.25, -0.2) is 13.1 Å². The molecule has 1 saturated heterocycles. The summed E-state index contributed by atoms with van der Waals surface area (Å²) >= 11 is 0. The second-order valence-corrected chi connectivity index (χ2v) is 8.13. The van der Waals surface area contributed by atoms with E-state index in [0.29, 0.717) is 17.9 Å². The van der Waals surface area contributed by atoms with Crippen molar-refractivity contribution in [1.82, 2.24) is 10.0 Å². The molecule has 0 aromatic heterocycles. The minimum absolute atomic E-state index is 0.202. The Bertz CT molecular complexity index is 613. The number of carboxylic acids is 1. The van der Waals surface area contributed by atoms with Crippen molar-refractivity contribution in [2.75, 3.05) is 13.1 Å². The number of rotatable bonds is 9. The van der Waals surface area contributed by atoms with E-state index in [4.69, 9.17) is 0 Å². The number of hydrogen-bond donors (Lipinski definition) is 3. The molecule has 24 heavy (non-hydrogen) atoms. The van der Waals surface area contributed by atoms with E-state index in [-0.39, 0.29) is 5.75 Å². The quantitative estimate of drug-likeness (QED) is 0.628. The first-order valence-electron chi connectivity index (χ1n) is 8.44. The van der Waals surface area contributed by atoms with Crippen LogP contribution in [-0.4, -0.2) is 38.6 Å². The Labute approximate surface area is 143 Å². The zero-order valence-corrected chi connectivity index (χ0v) is 14.6. The molecule has 6 nitrogen and oxygen atoms in total. The molecule has 1 heterocycles. The van der Waals surface area contributed by atoms with E-state index in [9.17, 15) is 18.3 Å². The normalized spacial score (nSPS) is 17.5. The maximum absolute atomic E-state index is 12.2. The Morgan fingerprint density at radius 1 is 1.25 bits per heavy atom. The summed E-state index contributed by atoms with van der Waals surface area (Å²) in [6.07, 6.45) is 4.21. The number of carbonyl (C=O) groups is 1. The van der Waals surface area contributed by atoms with Gasteiger partial charge in [0.15, 0.2) is 0 Å². The molecule has 1 fully saturated rings. The highest BCUT2D eigenvalue weighted by atomic mass is 32.2. The Balaban J connectivity index is 1.84. The third-order valence-electron chi connectivity index (χ3n) is 4.38. The molecule has 1 aromatic carbocycles. The fourth-order valence-corrected chi connectivity index (χ4v) is 4.43. The predicted octanol–water partition coefficient (Wildman–Crippen LogP) is 1.73. The number of piperidine rings is 1. The van der Waals surface area contributed by atoms with Gasteiger partial charge in [-0.3, -0.25) is 4.79 Å². The highest BCUT2D eigenvalue weighted by Crippen LogP contribution is 2.19. The summed E-state index contributed by atoms with van der Waals surface area (Å²) in [7, 11) is -3.67. The molecule has 0 aliphatic carbocycles. The summed E-state index contributed by atoms with van der Waals surface area (Å²) in [4.78, 5) is 11.4. The fraction of sp³-hybridized carbons (Fsp3) is 0.588. The van der Waals surface area contributed by atoms with Crippen LogP contribution in [0, 0.1) is 5.92 Å². The monoisotopic (exact) mass is 354 g/mol. The third kappa shape index (κ3) is 6.59. The Kier molecular flexibility index (Phi) is 7.20. The summed E-state index contributed by atoms with van der Waals surface area (Å²) in [5.41, 5.74) is 0.642. The number of nitrogens with one attached hydrogen (secondary N) is 2. The Morgan fingerprint density at radius 3 is 2.54 bits per heavy atom. The van der Waals surface area contributed by atoms with Crippen molar-refractivity contribution >= 4 is 16.0 Å². The van der Waals surface area contributed by atoms with Crippen molar-refractivity contribution in [2.45, 2.75) is 43.9 Å². The summed E-state index contributed by atoms with van der Waals surface area (Å²) in [6.45, 7) is 2.02. The highest BCUT2D eigenvalue weighted by Gasteiger charge is 2.24. The number of benzene rings is 1. The zero-order chi connectivity index (χ0) is 17.4. The topological polar surface area (TPSA) is 95.5 Å². The maximum Gasteiger partial charge on any atom is 0.321 e. The smallest absolute Gasteiger partial charge is 0.321 e. The van der Waals surface area contributed by atoms with Crippen LogP contribution >= 0.6 is 0 Å². The zero-order valence-electron chi connectivity index (χ0n) is 13.8. The number of hydrogen-bond acceptors (Lipinski definition) is 4. The minimum Gasteiger partial charge on any atom is -0.480 e. The molecule has 0 radical (unpaired) electrons. The molecule has 1 aliphatic rings. The molecule has 0 amide bonds. The van der Waals surface area contributed by atoms with E-state index in [2.05, 4.69) is 10.0 Å². The lowest BCUT2D eigenvalue weighted by Crippen LogP contribution is -2.41. The minimum atomic E-state index is -3.67. The number of sulfonamides is 1. The van der Waals surface area contributed by atoms with Crippen LogP contribution < -0.4 is 10.0 Å². The van der Waals surface area contributed by atoms with Crippen LogP contribution in [0.5, 0.6) is 0 Å². The Morgan fingerprint density at radius 2 is 1.92 bits per heavy atom. The van der Waals surface area contributed by atoms with Gasteiger partial charge < -0.3 is 10.4 Å². The number of carboxylic acid groups (broad SMARTS) is 1. The van der Waals surface area contributed by atoms with Crippen LogP contribution in [0.2, 0.25) is 0 Å². The van der Waals surface area contributed by atoms with E-state index in [1.165, 1.54) is 0 Å². The standard InChI is InChI=1S/C17H26N2O4S/c20-17(21)16(8-4-7-14-9-11-18-12-10-14)19-24(22,23)13-15-5-2-1-3-6-15/h1-3,5-6,14,16,18-19H,4,7-13H2,(H,20,21)/t16-/m1/s1. The van der Waals surface area contributed by atoms with Gasteiger partial charge in [-0.2, -0.15) is 0 Å². The van der Waals surface area contributed by atoms with E-state index in [1.54, 1.807) is 24.3 Å². The first kappa shape index (κ1) is 18.9. The van der Waals surface area contributed by atoms with Gasteiger partial charge in [-0.05, 0) is 43.8 Å². The van der Waals surface area contributed by atoms with E-state index in [0.717, 1.165) is 38.8 Å². The molecular formula is C17H26N2O4S. The second-order valence-electron chi connectivity index (χ2n) is 6.38. The van der Waals surface area contributed by atoms with Gasteiger partial charge in [0.1, 0.15) is 6.04 Å². The molecule has 0 bridgehead atoms. The first-order chi connectivity index (χ1) is 11.5. The van der Waals surface area contributed by atoms with Crippen LogP contribution in [0.15, 0.2) is 30.3 Å². The van der Waals surface area contributed by atoms with Gasteiger partial charge in [0.2, 0.25) is 10.0 Å². The second kappa shape index (κ2) is 9.15. The average molecular weight is 354 g/mol. The van der Waals surface area contributed by atoms with Crippen molar-refractivity contribution in [3.63, 3.8) is 0 Å². The molecule has 0 spiro atoms. The molecule has 3 N–H and O–H groups in total. The van der Waals surface area contributed by atoms with E-state index in [1.807, 2.05) is 6.07 Å². The van der Waals surface area contributed by atoms with Crippen LogP contribution in [0.3, 0.4) is 0 Å². The fourth-order valence-electron chi connectivity index (χ4n) is 3.07. The molecule has 0 unspecified atom stereocenters. The molecular weight excluding hydrogens is 328 g/mol. The van der Waals surface area contributed by atoms with Crippen molar-refractivity contribution < 1.29 is 18.3 Å². The maximum atomic E-state index is 12.2. The summed E-state index contributed by atoms with van der Waals surface area (Å²) in [6, 6.07) is 7.71. The van der Waals surface area contributed by atoms with Crippen molar-refractivity contribution in [2.24, 2.45) is 5.92 Å². The van der Waals surface area contributed by atoms with Crippen molar-refractivity contribution in [3.05, 3.63) is 35.9 Å². The summed E-state index contributed by atoms with van der Waals surface area (Å²) < 4.78 is 26.7. The largest absolute Gasteiger partial charge is 0.480 e. The molecule has 134 valence electrons. The van der Waals surface area contributed by atoms with Crippen LogP contribution in [0.4, 0.5) is 0 Å². The van der Waals surface area contributed by atoms with Crippen LogP contribution in [0.25, 0.3) is 0 Å². The van der Waals surface area contributed by atoms with Crippen molar-refractivity contribution in [1.29, 1.82) is 0 Å². The molecule has 1 atom stereocenters.